The average molecular weight is 610 g/mol. The fourth-order valence-electron chi connectivity index (χ4n) is 4.27. The Labute approximate surface area is 246 Å². The van der Waals surface area contributed by atoms with Gasteiger partial charge < -0.3 is 14.5 Å². The molecule has 2 heterocycles. The number of halogens is 1. The molecule has 1 aliphatic rings. The van der Waals surface area contributed by atoms with E-state index in [-0.39, 0.29) is 56.0 Å². The molecule has 0 unspecified atom stereocenters. The Kier molecular flexibility index (Phi) is 10.5. The normalized spacial score (nSPS) is 14.3. The molecule has 0 atom stereocenters. The van der Waals surface area contributed by atoms with Crippen LogP contribution < -0.4 is 4.90 Å². The summed E-state index contributed by atoms with van der Waals surface area (Å²) in [4.78, 5) is 35.6. The number of likely N-dealkylation sites (N-methyl/N-ethyl adjacent to an activating group) is 1. The molecule has 0 spiro atoms. The van der Waals surface area contributed by atoms with Crippen molar-refractivity contribution in [3.05, 3.63) is 53.1 Å². The zero-order valence-electron chi connectivity index (χ0n) is 23.4. The maximum absolute atomic E-state index is 13.6. The highest BCUT2D eigenvalue weighted by atomic mass is 35.5. The van der Waals surface area contributed by atoms with Gasteiger partial charge in [-0.3, -0.25) is 9.69 Å². The fraction of sp³-hybridized carbons (Fsp3) is 0.444. The molecule has 1 saturated heterocycles. The number of nitrogens with zero attached hydrogens (tertiary/aromatic N) is 5. The first-order valence-corrected chi connectivity index (χ1v) is 15.1. The molecule has 0 aliphatic carbocycles. The van der Waals surface area contributed by atoms with Crippen LogP contribution in [0.2, 0.25) is 0 Å². The number of benzene rings is 2. The predicted molar refractivity (Wildman–Crippen MR) is 160 cm³/mol. The van der Waals surface area contributed by atoms with Crippen LogP contribution in [0.15, 0.2) is 41.3 Å². The molecule has 10 nitrogen and oxygen atoms in total. The van der Waals surface area contributed by atoms with Gasteiger partial charge in [-0.25, -0.2) is 18.2 Å². The van der Waals surface area contributed by atoms with Crippen molar-refractivity contribution in [1.29, 1.82) is 0 Å². The Bertz CT molecular complexity index is 1410. The van der Waals surface area contributed by atoms with Gasteiger partial charge in [0.25, 0.3) is 5.91 Å². The summed E-state index contributed by atoms with van der Waals surface area (Å²) in [6, 6.07) is 10.2. The lowest BCUT2D eigenvalue weighted by molar-refractivity contribution is 0.0933. The van der Waals surface area contributed by atoms with E-state index in [0.717, 1.165) is 15.8 Å². The predicted octanol–water partition coefficient (Wildman–Crippen LogP) is 4.01. The lowest BCUT2D eigenvalue weighted by Gasteiger charge is -2.33. The van der Waals surface area contributed by atoms with Crippen molar-refractivity contribution in [2.75, 3.05) is 64.9 Å². The van der Waals surface area contributed by atoms with Crippen LogP contribution >= 0.6 is 23.7 Å². The fourth-order valence-corrected chi connectivity index (χ4v) is 6.76. The summed E-state index contributed by atoms with van der Waals surface area (Å²) in [7, 11) is 0.116. The molecule has 0 saturated carbocycles. The Morgan fingerprint density at radius 3 is 2.23 bits per heavy atom. The third kappa shape index (κ3) is 6.92. The number of carbonyl (C=O) groups is 2. The number of fused-ring (bicyclic) bond motifs is 1. The minimum Gasteiger partial charge on any atom is -0.450 e. The van der Waals surface area contributed by atoms with E-state index in [9.17, 15) is 18.0 Å². The number of anilines is 1. The number of piperazine rings is 1. The van der Waals surface area contributed by atoms with Gasteiger partial charge in [0.2, 0.25) is 10.0 Å². The third-order valence-corrected chi connectivity index (χ3v) is 9.70. The maximum Gasteiger partial charge on any atom is 0.409 e. The second-order valence-corrected chi connectivity index (χ2v) is 12.7. The van der Waals surface area contributed by atoms with Crippen LogP contribution in [0.3, 0.4) is 0 Å². The standard InChI is InChI=1S/C27H35N5O5S2.ClH/c1-6-37-27(34)30-12-14-31(15-13-30)39(35,36)22-9-7-21(8-10-22)25(33)32(16-11-29(4)5)26-28-23-17-19(2)20(3)18-24(23)38-26;/h7-10,17-18H,6,11-16H2,1-5H3;1H. The second-order valence-electron chi connectivity index (χ2n) is 9.78. The van der Waals surface area contributed by atoms with E-state index in [1.54, 1.807) is 24.0 Å². The molecule has 1 aliphatic heterocycles. The molecule has 13 heteroatoms. The lowest BCUT2D eigenvalue weighted by atomic mass is 10.1. The van der Waals surface area contributed by atoms with Crippen molar-refractivity contribution in [1.82, 2.24) is 19.1 Å². The van der Waals surface area contributed by atoms with Crippen molar-refractivity contribution in [2.24, 2.45) is 0 Å². The van der Waals surface area contributed by atoms with Gasteiger partial charge in [-0.1, -0.05) is 11.3 Å². The topological polar surface area (TPSA) is 103 Å². The van der Waals surface area contributed by atoms with Crippen molar-refractivity contribution < 1.29 is 22.7 Å². The van der Waals surface area contributed by atoms with Crippen LogP contribution in [0.4, 0.5) is 9.93 Å². The van der Waals surface area contributed by atoms with Crippen LogP contribution in [0.25, 0.3) is 10.2 Å². The lowest BCUT2D eigenvalue weighted by Crippen LogP contribution is -2.50. The number of aryl methyl sites for hydroxylation is 2. The Morgan fingerprint density at radius 2 is 1.62 bits per heavy atom. The van der Waals surface area contributed by atoms with Crippen molar-refractivity contribution in [3.63, 3.8) is 0 Å². The monoisotopic (exact) mass is 609 g/mol. The number of sulfonamides is 1. The second kappa shape index (κ2) is 13.3. The van der Waals surface area contributed by atoms with Crippen molar-refractivity contribution in [3.8, 4) is 0 Å². The number of aromatic nitrogens is 1. The molecule has 2 amide bonds. The van der Waals surface area contributed by atoms with Gasteiger partial charge in [0, 0.05) is 44.8 Å². The summed E-state index contributed by atoms with van der Waals surface area (Å²) in [5.41, 5.74) is 3.55. The molecule has 0 N–H and O–H groups in total. The molecule has 0 bridgehead atoms. The SMILES string of the molecule is CCOC(=O)N1CCN(S(=O)(=O)c2ccc(C(=O)N(CCN(C)C)c3nc4cc(C)c(C)cc4s3)cc2)CC1.Cl. The first-order chi connectivity index (χ1) is 18.5. The number of ether oxygens (including phenoxy) is 1. The number of carbonyl (C=O) groups excluding carboxylic acids is 2. The van der Waals surface area contributed by atoms with Gasteiger partial charge in [-0.15, -0.1) is 12.4 Å². The number of amides is 2. The molecule has 4 rings (SSSR count). The molecule has 3 aromatic rings. The van der Waals surface area contributed by atoms with Crippen LogP contribution in [0.5, 0.6) is 0 Å². The van der Waals surface area contributed by atoms with Gasteiger partial charge in [-0.05, 0) is 82.4 Å². The van der Waals surface area contributed by atoms with Gasteiger partial charge in [0.15, 0.2) is 5.13 Å². The van der Waals surface area contributed by atoms with Crippen LogP contribution in [-0.4, -0.2) is 99.5 Å². The molecular weight excluding hydrogens is 574 g/mol. The van der Waals surface area contributed by atoms with E-state index in [0.29, 0.717) is 23.8 Å². The summed E-state index contributed by atoms with van der Waals surface area (Å²) >= 11 is 1.47. The van der Waals surface area contributed by atoms with E-state index in [4.69, 9.17) is 9.72 Å². The highest BCUT2D eigenvalue weighted by molar-refractivity contribution is 7.89. The third-order valence-electron chi connectivity index (χ3n) is 6.74. The van der Waals surface area contributed by atoms with E-state index >= 15 is 0 Å². The van der Waals surface area contributed by atoms with Crippen LogP contribution in [-0.2, 0) is 14.8 Å². The first kappa shape index (κ1) is 31.8. The number of rotatable bonds is 8. The van der Waals surface area contributed by atoms with Gasteiger partial charge in [0.1, 0.15) is 0 Å². The first-order valence-electron chi connectivity index (χ1n) is 12.9. The van der Waals surface area contributed by atoms with Crippen molar-refractivity contribution >= 4 is 61.1 Å². The smallest absolute Gasteiger partial charge is 0.409 e. The maximum atomic E-state index is 13.6. The van der Waals surface area contributed by atoms with E-state index in [1.165, 1.54) is 38.2 Å². The molecular formula is C27H36ClN5O5S2. The van der Waals surface area contributed by atoms with Gasteiger partial charge in [0.05, 0.1) is 21.7 Å². The number of thiazole rings is 1. The summed E-state index contributed by atoms with van der Waals surface area (Å²) in [6.07, 6.45) is -0.436. The van der Waals surface area contributed by atoms with Gasteiger partial charge in [-0.2, -0.15) is 4.31 Å². The van der Waals surface area contributed by atoms with Crippen LogP contribution in [0.1, 0.15) is 28.4 Å². The Hall–Kier alpha value is -2.77. The van der Waals surface area contributed by atoms with Crippen LogP contribution in [0, 0.1) is 13.8 Å². The van der Waals surface area contributed by atoms with E-state index in [1.807, 2.05) is 32.0 Å². The summed E-state index contributed by atoms with van der Waals surface area (Å²) in [6.45, 7) is 8.05. The summed E-state index contributed by atoms with van der Waals surface area (Å²) in [5, 5.41) is 0.609. The van der Waals surface area contributed by atoms with E-state index < -0.39 is 16.1 Å². The molecule has 2 aromatic carbocycles. The highest BCUT2D eigenvalue weighted by Gasteiger charge is 2.31. The zero-order chi connectivity index (χ0) is 28.3. The zero-order valence-corrected chi connectivity index (χ0v) is 25.9. The minimum absolute atomic E-state index is 0. The number of hydrogen-bond donors (Lipinski definition) is 0. The molecule has 40 heavy (non-hydrogen) atoms. The van der Waals surface area contributed by atoms with Gasteiger partial charge >= 0.3 is 6.09 Å². The average Bonchev–Trinajstić information content (AvgIpc) is 3.31. The molecule has 1 aromatic heterocycles. The Balaban J connectivity index is 0.00000441. The largest absolute Gasteiger partial charge is 0.450 e. The Morgan fingerprint density at radius 1 is 1.00 bits per heavy atom. The summed E-state index contributed by atoms with van der Waals surface area (Å²) in [5.74, 6) is -0.239. The minimum atomic E-state index is -3.77. The quantitative estimate of drug-likeness (QED) is 0.380. The summed E-state index contributed by atoms with van der Waals surface area (Å²) < 4.78 is 33.9. The highest BCUT2D eigenvalue weighted by Crippen LogP contribution is 2.32. The van der Waals surface area contributed by atoms with Crippen molar-refractivity contribution in [2.45, 2.75) is 25.7 Å². The molecule has 0 radical (unpaired) electrons. The van der Waals surface area contributed by atoms with E-state index in [2.05, 4.69) is 13.0 Å². The molecule has 218 valence electrons. The number of hydrogen-bond acceptors (Lipinski definition) is 8. The molecule has 1 fully saturated rings.